The molecule has 0 spiro atoms. The molecule has 2 rings (SSSR count). The molecule has 3 N–H and O–H groups in total. The molecule has 0 aliphatic carbocycles. The highest BCUT2D eigenvalue weighted by atomic mass is 79.9. The maximum absolute atomic E-state index is 6.12. The van der Waals surface area contributed by atoms with Gasteiger partial charge in [0.25, 0.3) is 0 Å². The summed E-state index contributed by atoms with van der Waals surface area (Å²) in [4.78, 5) is 4.35. The molecule has 0 aliphatic rings. The summed E-state index contributed by atoms with van der Waals surface area (Å²) in [7, 11) is 1.80. The SMILES string of the molecule is Cn1ncc(Cl)c1C(NN)c1ncc(Br)cc1Br. The predicted molar refractivity (Wildman–Crippen MR) is 77.0 cm³/mol. The van der Waals surface area contributed by atoms with E-state index < -0.39 is 0 Å². The average molecular weight is 395 g/mol. The highest BCUT2D eigenvalue weighted by molar-refractivity contribution is 9.11. The van der Waals surface area contributed by atoms with E-state index in [0.717, 1.165) is 20.3 Å². The second-order valence-corrected chi connectivity index (χ2v) is 5.80. The van der Waals surface area contributed by atoms with Crippen LogP contribution in [-0.2, 0) is 7.05 Å². The molecule has 8 heteroatoms. The third-order valence-corrected chi connectivity index (χ3v) is 3.85. The summed E-state index contributed by atoms with van der Waals surface area (Å²) in [5.74, 6) is 5.62. The number of nitrogens with one attached hydrogen (secondary N) is 1. The van der Waals surface area contributed by atoms with Crippen molar-refractivity contribution in [2.24, 2.45) is 12.9 Å². The van der Waals surface area contributed by atoms with E-state index in [1.807, 2.05) is 6.07 Å². The van der Waals surface area contributed by atoms with E-state index in [4.69, 9.17) is 17.4 Å². The number of nitrogens with two attached hydrogens (primary N) is 1. The minimum atomic E-state index is -0.340. The van der Waals surface area contributed by atoms with Crippen molar-refractivity contribution >= 4 is 43.5 Å². The second-order valence-electron chi connectivity index (χ2n) is 3.62. The van der Waals surface area contributed by atoms with Crippen LogP contribution in [0.3, 0.4) is 0 Å². The Morgan fingerprint density at radius 2 is 2.17 bits per heavy atom. The van der Waals surface area contributed by atoms with E-state index in [2.05, 4.69) is 47.4 Å². The molecule has 5 nitrogen and oxygen atoms in total. The average Bonchev–Trinajstić information content (AvgIpc) is 2.64. The zero-order valence-electron chi connectivity index (χ0n) is 9.36. The summed E-state index contributed by atoms with van der Waals surface area (Å²) in [6, 6.07) is 1.56. The van der Waals surface area contributed by atoms with Crippen LogP contribution in [0.2, 0.25) is 5.02 Å². The number of rotatable bonds is 3. The van der Waals surface area contributed by atoms with Crippen LogP contribution in [0.15, 0.2) is 27.4 Å². The largest absolute Gasteiger partial charge is 0.270 e. The van der Waals surface area contributed by atoms with Crippen LogP contribution in [0.25, 0.3) is 0 Å². The van der Waals surface area contributed by atoms with Crippen molar-refractivity contribution in [3.05, 3.63) is 43.8 Å². The molecule has 0 aromatic carbocycles. The van der Waals surface area contributed by atoms with Crippen LogP contribution in [-0.4, -0.2) is 14.8 Å². The van der Waals surface area contributed by atoms with Crippen LogP contribution < -0.4 is 11.3 Å². The molecule has 0 radical (unpaired) electrons. The third-order valence-electron chi connectivity index (χ3n) is 2.49. The molecule has 2 aromatic heterocycles. The lowest BCUT2D eigenvalue weighted by Gasteiger charge is -2.17. The lowest BCUT2D eigenvalue weighted by molar-refractivity contribution is 0.562. The summed E-state index contributed by atoms with van der Waals surface area (Å²) < 4.78 is 3.38. The molecular formula is C10H10Br2ClN5. The molecule has 0 fully saturated rings. The Labute approximate surface area is 126 Å². The zero-order chi connectivity index (χ0) is 13.3. The van der Waals surface area contributed by atoms with Gasteiger partial charge in [0.1, 0.15) is 6.04 Å². The fourth-order valence-electron chi connectivity index (χ4n) is 1.67. The van der Waals surface area contributed by atoms with Gasteiger partial charge < -0.3 is 0 Å². The van der Waals surface area contributed by atoms with Crippen LogP contribution >= 0.6 is 43.5 Å². The van der Waals surface area contributed by atoms with Crippen LogP contribution in [0, 0.1) is 0 Å². The Balaban J connectivity index is 2.52. The summed E-state index contributed by atoms with van der Waals surface area (Å²) in [5, 5.41) is 4.63. The van der Waals surface area contributed by atoms with Crippen LogP contribution in [0.4, 0.5) is 0 Å². The van der Waals surface area contributed by atoms with Gasteiger partial charge in [0.05, 0.1) is 22.6 Å². The van der Waals surface area contributed by atoms with Crippen LogP contribution in [0.5, 0.6) is 0 Å². The van der Waals surface area contributed by atoms with Crippen molar-refractivity contribution in [2.75, 3.05) is 0 Å². The van der Waals surface area contributed by atoms with E-state index in [9.17, 15) is 0 Å². The highest BCUT2D eigenvalue weighted by Gasteiger charge is 2.23. The molecule has 0 bridgehead atoms. The van der Waals surface area contributed by atoms with Gasteiger partial charge in [-0.05, 0) is 37.9 Å². The van der Waals surface area contributed by atoms with Crippen molar-refractivity contribution in [1.29, 1.82) is 0 Å². The molecule has 96 valence electrons. The number of hydrogen-bond acceptors (Lipinski definition) is 4. The zero-order valence-corrected chi connectivity index (χ0v) is 13.3. The van der Waals surface area contributed by atoms with Gasteiger partial charge in [-0.2, -0.15) is 5.10 Å². The number of aromatic nitrogens is 3. The number of halogens is 3. The normalized spacial score (nSPS) is 12.7. The Morgan fingerprint density at radius 3 is 2.67 bits per heavy atom. The third kappa shape index (κ3) is 2.60. The van der Waals surface area contributed by atoms with Gasteiger partial charge in [-0.15, -0.1) is 0 Å². The van der Waals surface area contributed by atoms with Gasteiger partial charge in [-0.3, -0.25) is 15.5 Å². The Bertz CT molecular complexity index is 552. The molecule has 0 aliphatic heterocycles. The summed E-state index contributed by atoms with van der Waals surface area (Å²) in [6.45, 7) is 0. The van der Waals surface area contributed by atoms with E-state index in [0.29, 0.717) is 5.02 Å². The Hall–Kier alpha value is -0.470. The minimum Gasteiger partial charge on any atom is -0.270 e. The minimum absolute atomic E-state index is 0.340. The first-order valence-electron chi connectivity index (χ1n) is 4.99. The second kappa shape index (κ2) is 5.66. The van der Waals surface area contributed by atoms with E-state index >= 15 is 0 Å². The molecular weight excluding hydrogens is 385 g/mol. The fourth-order valence-corrected chi connectivity index (χ4v) is 3.16. The van der Waals surface area contributed by atoms with E-state index in [1.165, 1.54) is 0 Å². The monoisotopic (exact) mass is 393 g/mol. The van der Waals surface area contributed by atoms with Gasteiger partial charge in [0.2, 0.25) is 0 Å². The van der Waals surface area contributed by atoms with Gasteiger partial charge in [0.15, 0.2) is 0 Å². The fraction of sp³-hybridized carbons (Fsp3) is 0.200. The van der Waals surface area contributed by atoms with E-state index in [-0.39, 0.29) is 6.04 Å². The van der Waals surface area contributed by atoms with Crippen molar-refractivity contribution < 1.29 is 0 Å². The standard InChI is InChI=1S/C10H10Br2ClN5/c1-18-10(7(13)4-16-18)9(17-14)8-6(12)2-5(11)3-15-8/h2-4,9,17H,14H2,1H3. The van der Waals surface area contributed by atoms with E-state index in [1.54, 1.807) is 24.1 Å². The molecule has 2 aromatic rings. The smallest absolute Gasteiger partial charge is 0.107 e. The topological polar surface area (TPSA) is 68.8 Å². The first-order chi connectivity index (χ1) is 8.54. The van der Waals surface area contributed by atoms with Crippen molar-refractivity contribution in [2.45, 2.75) is 6.04 Å². The van der Waals surface area contributed by atoms with Crippen molar-refractivity contribution in [1.82, 2.24) is 20.2 Å². The van der Waals surface area contributed by atoms with Crippen molar-refractivity contribution in [3.8, 4) is 0 Å². The molecule has 2 heterocycles. The molecule has 0 saturated carbocycles. The molecule has 1 unspecified atom stereocenters. The summed E-state index contributed by atoms with van der Waals surface area (Å²) in [6.07, 6.45) is 3.28. The first-order valence-corrected chi connectivity index (χ1v) is 6.95. The molecule has 0 saturated heterocycles. The number of pyridine rings is 1. The number of aryl methyl sites for hydroxylation is 1. The maximum atomic E-state index is 6.12. The van der Waals surface area contributed by atoms with Gasteiger partial charge in [-0.1, -0.05) is 11.6 Å². The Kier molecular flexibility index (Phi) is 4.39. The quantitative estimate of drug-likeness (QED) is 0.619. The lowest BCUT2D eigenvalue weighted by atomic mass is 10.1. The van der Waals surface area contributed by atoms with Crippen molar-refractivity contribution in [3.63, 3.8) is 0 Å². The van der Waals surface area contributed by atoms with Gasteiger partial charge in [0, 0.05) is 22.2 Å². The van der Waals surface area contributed by atoms with Crippen LogP contribution in [0.1, 0.15) is 17.4 Å². The molecule has 1 atom stereocenters. The lowest BCUT2D eigenvalue weighted by Crippen LogP contribution is -2.31. The highest BCUT2D eigenvalue weighted by Crippen LogP contribution is 2.31. The number of hydrogen-bond donors (Lipinski definition) is 2. The number of nitrogens with zero attached hydrogens (tertiary/aromatic N) is 3. The first kappa shape index (κ1) is 14.0. The summed E-state index contributed by atoms with van der Waals surface area (Å²) >= 11 is 12.9. The molecule has 0 amide bonds. The van der Waals surface area contributed by atoms with Gasteiger partial charge >= 0.3 is 0 Å². The van der Waals surface area contributed by atoms with Gasteiger partial charge in [-0.25, -0.2) is 5.43 Å². The Morgan fingerprint density at radius 1 is 1.44 bits per heavy atom. The summed E-state index contributed by atoms with van der Waals surface area (Å²) in [5.41, 5.74) is 4.21. The maximum Gasteiger partial charge on any atom is 0.107 e. The molecule has 18 heavy (non-hydrogen) atoms. The number of hydrazine groups is 1. The predicted octanol–water partition coefficient (Wildman–Crippen LogP) is 2.55.